The van der Waals surface area contributed by atoms with Crippen LogP contribution >= 0.6 is 23.1 Å². The lowest BCUT2D eigenvalue weighted by Gasteiger charge is -2.00. The number of thioether (sulfide) groups is 1. The molecule has 96 valence electrons. The van der Waals surface area contributed by atoms with Crippen LogP contribution in [0.4, 0.5) is 0 Å². The molecule has 2 N–H and O–H groups in total. The molecule has 1 aromatic heterocycles. The van der Waals surface area contributed by atoms with Crippen LogP contribution in [0.5, 0.6) is 0 Å². The topological polar surface area (TPSA) is 38.9 Å². The third-order valence-electron chi connectivity index (χ3n) is 2.86. The molecule has 1 heterocycles. The molecule has 19 heavy (non-hydrogen) atoms. The van der Waals surface area contributed by atoms with Gasteiger partial charge in [-0.1, -0.05) is 24.3 Å². The van der Waals surface area contributed by atoms with Crippen molar-refractivity contribution in [3.8, 4) is 0 Å². The fraction of sp³-hybridized carbons (Fsp3) is 0.133. The molecule has 0 aliphatic carbocycles. The first-order valence-corrected chi connectivity index (χ1v) is 7.91. The summed E-state index contributed by atoms with van der Waals surface area (Å²) in [4.78, 5) is 5.90. The number of benzene rings is 2. The van der Waals surface area contributed by atoms with E-state index in [0.29, 0.717) is 6.54 Å². The summed E-state index contributed by atoms with van der Waals surface area (Å²) in [6.07, 6.45) is 0. The largest absolute Gasteiger partial charge is 0.326 e. The van der Waals surface area contributed by atoms with Crippen LogP contribution < -0.4 is 5.73 Å². The summed E-state index contributed by atoms with van der Waals surface area (Å²) < 4.78 is 1.26. The zero-order valence-corrected chi connectivity index (χ0v) is 12.0. The average molecular weight is 286 g/mol. The van der Waals surface area contributed by atoms with Crippen LogP contribution in [0.1, 0.15) is 10.6 Å². The molecule has 4 heteroatoms. The number of nitrogens with zero attached hydrogens (tertiary/aromatic N) is 1. The molecule has 2 nitrogen and oxygen atoms in total. The van der Waals surface area contributed by atoms with E-state index in [1.807, 2.05) is 17.8 Å². The van der Waals surface area contributed by atoms with E-state index < -0.39 is 0 Å². The highest BCUT2D eigenvalue weighted by Crippen LogP contribution is 2.28. The van der Waals surface area contributed by atoms with Crippen molar-refractivity contribution in [2.24, 2.45) is 5.73 Å². The van der Waals surface area contributed by atoms with E-state index in [-0.39, 0.29) is 0 Å². The van der Waals surface area contributed by atoms with E-state index in [4.69, 9.17) is 5.73 Å². The standard InChI is InChI=1S/C15H14N2S2/c16-9-11-5-7-12(8-6-11)18-10-15-17-13-3-1-2-4-14(13)19-15/h1-8H,9-10,16H2. The van der Waals surface area contributed by atoms with Gasteiger partial charge in [0.1, 0.15) is 5.01 Å². The minimum absolute atomic E-state index is 0.600. The van der Waals surface area contributed by atoms with Crippen molar-refractivity contribution < 1.29 is 0 Å². The van der Waals surface area contributed by atoms with Gasteiger partial charge in [0.15, 0.2) is 0 Å². The van der Waals surface area contributed by atoms with Crippen LogP contribution in [0.3, 0.4) is 0 Å². The predicted octanol–water partition coefficient (Wildman–Crippen LogP) is 4.05. The normalized spacial score (nSPS) is 11.0. The average Bonchev–Trinajstić information content (AvgIpc) is 2.88. The van der Waals surface area contributed by atoms with Gasteiger partial charge in [-0.15, -0.1) is 23.1 Å². The van der Waals surface area contributed by atoms with Crippen LogP contribution in [-0.2, 0) is 12.3 Å². The Labute approximate surface area is 120 Å². The van der Waals surface area contributed by atoms with Gasteiger partial charge in [0, 0.05) is 11.4 Å². The van der Waals surface area contributed by atoms with Gasteiger partial charge in [-0.2, -0.15) is 0 Å². The molecular weight excluding hydrogens is 272 g/mol. The Bertz CT molecular complexity index is 641. The van der Waals surface area contributed by atoms with E-state index in [1.165, 1.54) is 20.2 Å². The minimum Gasteiger partial charge on any atom is -0.326 e. The van der Waals surface area contributed by atoms with Crippen molar-refractivity contribution in [1.82, 2.24) is 4.98 Å². The monoisotopic (exact) mass is 286 g/mol. The highest BCUT2D eigenvalue weighted by molar-refractivity contribution is 7.98. The molecule has 0 amide bonds. The maximum Gasteiger partial charge on any atom is 0.104 e. The fourth-order valence-electron chi connectivity index (χ4n) is 1.85. The number of para-hydroxylation sites is 1. The number of nitrogens with two attached hydrogens (primary N) is 1. The molecule has 0 unspecified atom stereocenters. The molecule has 0 aliphatic heterocycles. The summed E-state index contributed by atoms with van der Waals surface area (Å²) in [7, 11) is 0. The molecule has 3 aromatic rings. The molecule has 0 radical (unpaired) electrons. The Hall–Kier alpha value is -1.36. The highest BCUT2D eigenvalue weighted by Gasteiger charge is 2.03. The zero-order chi connectivity index (χ0) is 13.1. The number of rotatable bonds is 4. The van der Waals surface area contributed by atoms with Gasteiger partial charge in [0.05, 0.1) is 16.0 Å². The maximum atomic E-state index is 5.59. The Balaban J connectivity index is 1.70. The predicted molar refractivity (Wildman–Crippen MR) is 83.5 cm³/mol. The first kappa shape index (κ1) is 12.7. The van der Waals surface area contributed by atoms with E-state index in [0.717, 1.165) is 11.3 Å². The Kier molecular flexibility index (Phi) is 3.82. The fourth-order valence-corrected chi connectivity index (χ4v) is 3.71. The minimum atomic E-state index is 0.600. The van der Waals surface area contributed by atoms with Crippen LogP contribution in [0.15, 0.2) is 53.4 Å². The van der Waals surface area contributed by atoms with Crippen LogP contribution in [0, 0.1) is 0 Å². The van der Waals surface area contributed by atoms with Crippen molar-refractivity contribution >= 4 is 33.3 Å². The van der Waals surface area contributed by atoms with Gasteiger partial charge < -0.3 is 5.73 Å². The summed E-state index contributed by atoms with van der Waals surface area (Å²) in [5, 5.41) is 1.18. The van der Waals surface area contributed by atoms with E-state index in [2.05, 4.69) is 47.4 Å². The van der Waals surface area contributed by atoms with Gasteiger partial charge in [0.2, 0.25) is 0 Å². The lowest BCUT2D eigenvalue weighted by Crippen LogP contribution is -1.94. The summed E-state index contributed by atoms with van der Waals surface area (Å²) in [6.45, 7) is 0.600. The molecule has 0 fully saturated rings. The summed E-state index contributed by atoms with van der Waals surface area (Å²) in [6, 6.07) is 16.7. The van der Waals surface area contributed by atoms with Crippen LogP contribution in [0.25, 0.3) is 10.2 Å². The van der Waals surface area contributed by atoms with Gasteiger partial charge >= 0.3 is 0 Å². The molecule has 0 saturated heterocycles. The van der Waals surface area contributed by atoms with Crippen molar-refractivity contribution in [1.29, 1.82) is 0 Å². The molecule has 3 rings (SSSR count). The quantitative estimate of drug-likeness (QED) is 0.735. The smallest absolute Gasteiger partial charge is 0.104 e. The summed E-state index contributed by atoms with van der Waals surface area (Å²) in [5.74, 6) is 0.918. The van der Waals surface area contributed by atoms with E-state index >= 15 is 0 Å². The Morgan fingerprint density at radius 3 is 2.58 bits per heavy atom. The molecule has 0 atom stereocenters. The second-order valence-electron chi connectivity index (χ2n) is 4.21. The van der Waals surface area contributed by atoms with Crippen molar-refractivity contribution in [3.05, 3.63) is 59.1 Å². The SMILES string of the molecule is NCc1ccc(SCc2nc3ccccc3s2)cc1. The molecule has 0 bridgehead atoms. The van der Waals surface area contributed by atoms with Gasteiger partial charge in [-0.05, 0) is 29.8 Å². The summed E-state index contributed by atoms with van der Waals surface area (Å²) >= 11 is 3.59. The van der Waals surface area contributed by atoms with Crippen molar-refractivity contribution in [2.45, 2.75) is 17.2 Å². The van der Waals surface area contributed by atoms with Crippen LogP contribution in [-0.4, -0.2) is 4.98 Å². The van der Waals surface area contributed by atoms with Crippen molar-refractivity contribution in [3.63, 3.8) is 0 Å². The van der Waals surface area contributed by atoms with Crippen LogP contribution in [0.2, 0.25) is 0 Å². The number of aromatic nitrogens is 1. The Morgan fingerprint density at radius 1 is 1.05 bits per heavy atom. The Morgan fingerprint density at radius 2 is 1.84 bits per heavy atom. The molecule has 2 aromatic carbocycles. The number of hydrogen-bond donors (Lipinski definition) is 1. The zero-order valence-electron chi connectivity index (χ0n) is 10.4. The molecule has 0 spiro atoms. The van der Waals surface area contributed by atoms with Gasteiger partial charge in [0.25, 0.3) is 0 Å². The molecular formula is C15H14N2S2. The second kappa shape index (κ2) is 5.74. The molecule has 0 aliphatic rings. The first-order chi connectivity index (χ1) is 9.35. The lowest BCUT2D eigenvalue weighted by atomic mass is 10.2. The third kappa shape index (κ3) is 2.97. The van der Waals surface area contributed by atoms with Gasteiger partial charge in [-0.3, -0.25) is 0 Å². The number of fused-ring (bicyclic) bond motifs is 1. The van der Waals surface area contributed by atoms with E-state index in [1.54, 1.807) is 11.3 Å². The lowest BCUT2D eigenvalue weighted by molar-refractivity contribution is 1.07. The second-order valence-corrected chi connectivity index (χ2v) is 6.38. The number of thiazole rings is 1. The van der Waals surface area contributed by atoms with Crippen molar-refractivity contribution in [2.75, 3.05) is 0 Å². The molecule has 0 saturated carbocycles. The maximum absolute atomic E-state index is 5.59. The summed E-state index contributed by atoms with van der Waals surface area (Å²) in [5.41, 5.74) is 7.86. The number of hydrogen-bond acceptors (Lipinski definition) is 4. The highest BCUT2D eigenvalue weighted by atomic mass is 32.2. The third-order valence-corrected chi connectivity index (χ3v) is 5.10. The van der Waals surface area contributed by atoms with E-state index in [9.17, 15) is 0 Å². The van der Waals surface area contributed by atoms with Gasteiger partial charge in [-0.25, -0.2) is 4.98 Å². The first-order valence-electron chi connectivity index (χ1n) is 6.11.